The van der Waals surface area contributed by atoms with Crippen LogP contribution in [0.15, 0.2) is 28.7 Å². The van der Waals surface area contributed by atoms with Crippen LogP contribution in [-0.2, 0) is 16.6 Å². The van der Waals surface area contributed by atoms with Gasteiger partial charge in [-0.2, -0.15) is 9.40 Å². The van der Waals surface area contributed by atoms with Gasteiger partial charge >= 0.3 is 0 Å². The normalized spacial score (nSPS) is 11.3. The third-order valence-electron chi connectivity index (χ3n) is 2.54. The molecule has 2 rings (SSSR count). The summed E-state index contributed by atoms with van der Waals surface area (Å²) >= 11 is 1.47. The summed E-state index contributed by atoms with van der Waals surface area (Å²) in [5.74, 6) is 5.69. The van der Waals surface area contributed by atoms with Gasteiger partial charge < -0.3 is 5.73 Å². The number of nitrogens with two attached hydrogens (primary N) is 1. The monoisotopic (exact) mass is 310 g/mol. The van der Waals surface area contributed by atoms with E-state index in [2.05, 4.69) is 22.0 Å². The number of H-pyrrole nitrogens is 1. The number of aromatic nitrogens is 2. The predicted octanol–water partition coefficient (Wildman–Crippen LogP) is 0.602. The topological polar surface area (TPSA) is 92.1 Å². The maximum Gasteiger partial charge on any atom is 0.260 e. The molecule has 0 fully saturated rings. The maximum absolute atomic E-state index is 12.2. The van der Waals surface area contributed by atoms with Crippen molar-refractivity contribution in [2.45, 2.75) is 11.6 Å². The van der Waals surface area contributed by atoms with E-state index in [0.29, 0.717) is 6.54 Å². The Hall–Kier alpha value is -1.66. The predicted molar refractivity (Wildman–Crippen MR) is 77.5 cm³/mol. The number of sulfonamides is 1. The van der Waals surface area contributed by atoms with Gasteiger partial charge in [0.25, 0.3) is 10.0 Å². The lowest BCUT2D eigenvalue weighted by atomic mass is 10.3. The minimum absolute atomic E-state index is 0.0818. The Morgan fingerprint density at radius 2 is 2.35 bits per heavy atom. The summed E-state index contributed by atoms with van der Waals surface area (Å²) in [6.45, 7) is 0.587. The van der Waals surface area contributed by atoms with Crippen LogP contribution in [0.5, 0.6) is 0 Å². The fourth-order valence-corrected chi connectivity index (χ4v) is 3.39. The molecule has 20 heavy (non-hydrogen) atoms. The molecule has 0 saturated heterocycles. The fourth-order valence-electron chi connectivity index (χ4n) is 1.56. The van der Waals surface area contributed by atoms with Crippen LogP contribution in [0.25, 0.3) is 0 Å². The molecule has 2 heterocycles. The quantitative estimate of drug-likeness (QED) is 0.809. The third kappa shape index (κ3) is 3.26. The van der Waals surface area contributed by atoms with Crippen molar-refractivity contribution in [3.63, 3.8) is 0 Å². The van der Waals surface area contributed by atoms with Gasteiger partial charge in [-0.15, -0.1) is 11.3 Å². The van der Waals surface area contributed by atoms with Gasteiger partial charge in [0.05, 0.1) is 17.6 Å². The van der Waals surface area contributed by atoms with E-state index in [1.807, 2.05) is 11.4 Å². The molecule has 0 unspecified atom stereocenters. The van der Waals surface area contributed by atoms with E-state index >= 15 is 0 Å². The first-order chi connectivity index (χ1) is 9.54. The second kappa shape index (κ2) is 6.19. The zero-order chi connectivity index (χ0) is 14.6. The number of nitrogens with one attached hydrogen (secondary N) is 1. The molecular weight excluding hydrogens is 296 g/mol. The third-order valence-corrected chi connectivity index (χ3v) is 5.16. The van der Waals surface area contributed by atoms with Crippen molar-refractivity contribution < 1.29 is 8.42 Å². The molecule has 2 aromatic heterocycles. The van der Waals surface area contributed by atoms with Crippen molar-refractivity contribution in [3.05, 3.63) is 34.2 Å². The summed E-state index contributed by atoms with van der Waals surface area (Å²) in [5, 5.41) is 8.09. The summed E-state index contributed by atoms with van der Waals surface area (Å²) < 4.78 is 25.6. The van der Waals surface area contributed by atoms with Crippen LogP contribution in [0.4, 0.5) is 0 Å². The van der Waals surface area contributed by atoms with Crippen molar-refractivity contribution >= 4 is 21.4 Å². The van der Waals surface area contributed by atoms with E-state index in [1.54, 1.807) is 0 Å². The SMILES string of the molecule is CN(Cc1csc(C#CCN)c1)S(=O)(=O)c1ccn[nH]1. The Morgan fingerprint density at radius 3 is 3.00 bits per heavy atom. The van der Waals surface area contributed by atoms with Crippen LogP contribution in [0.3, 0.4) is 0 Å². The molecular formula is C12H14N4O2S2. The minimum Gasteiger partial charge on any atom is -0.320 e. The maximum atomic E-state index is 12.2. The van der Waals surface area contributed by atoms with Crippen molar-refractivity contribution in [2.75, 3.05) is 13.6 Å². The minimum atomic E-state index is -3.54. The number of hydrogen-bond acceptors (Lipinski definition) is 5. The second-order valence-corrected chi connectivity index (χ2v) is 6.93. The summed E-state index contributed by atoms with van der Waals surface area (Å²) in [6, 6.07) is 3.30. The molecule has 0 radical (unpaired) electrons. The second-order valence-electron chi connectivity index (χ2n) is 4.01. The van der Waals surface area contributed by atoms with Crippen molar-refractivity contribution in [1.29, 1.82) is 0 Å². The van der Waals surface area contributed by atoms with Crippen LogP contribution in [-0.4, -0.2) is 36.5 Å². The van der Waals surface area contributed by atoms with Gasteiger partial charge in [-0.3, -0.25) is 5.10 Å². The number of hydrogen-bond donors (Lipinski definition) is 2. The molecule has 6 nitrogen and oxygen atoms in total. The van der Waals surface area contributed by atoms with E-state index in [0.717, 1.165) is 10.4 Å². The van der Waals surface area contributed by atoms with Gasteiger partial charge in [0.1, 0.15) is 0 Å². The van der Waals surface area contributed by atoms with Crippen LogP contribution in [0, 0.1) is 11.8 Å². The molecule has 0 aliphatic carbocycles. The highest BCUT2D eigenvalue weighted by atomic mass is 32.2. The van der Waals surface area contributed by atoms with E-state index in [1.165, 1.54) is 35.0 Å². The Morgan fingerprint density at radius 1 is 1.55 bits per heavy atom. The molecule has 0 aromatic carbocycles. The van der Waals surface area contributed by atoms with E-state index in [4.69, 9.17) is 5.73 Å². The fraction of sp³-hybridized carbons (Fsp3) is 0.250. The van der Waals surface area contributed by atoms with Gasteiger partial charge in [0.15, 0.2) is 5.03 Å². The molecule has 0 spiro atoms. The largest absolute Gasteiger partial charge is 0.320 e. The Balaban J connectivity index is 2.12. The Labute approximate surface area is 121 Å². The van der Waals surface area contributed by atoms with Gasteiger partial charge in [-0.05, 0) is 23.1 Å². The van der Waals surface area contributed by atoms with Crippen molar-refractivity contribution in [2.24, 2.45) is 5.73 Å². The van der Waals surface area contributed by atoms with Crippen LogP contribution in [0.1, 0.15) is 10.4 Å². The van der Waals surface area contributed by atoms with Gasteiger partial charge in [-0.25, -0.2) is 8.42 Å². The average molecular weight is 310 g/mol. The average Bonchev–Trinajstić information content (AvgIpc) is 3.07. The first-order valence-corrected chi connectivity index (χ1v) is 8.08. The molecule has 0 aliphatic heterocycles. The number of nitrogens with zero attached hydrogens (tertiary/aromatic N) is 2. The van der Waals surface area contributed by atoms with Crippen LogP contribution in [0.2, 0.25) is 0 Å². The summed E-state index contributed by atoms with van der Waals surface area (Å²) in [6.07, 6.45) is 1.41. The molecule has 0 atom stereocenters. The lowest BCUT2D eigenvalue weighted by Gasteiger charge is -2.14. The Kier molecular flexibility index (Phi) is 4.57. The van der Waals surface area contributed by atoms with Crippen LogP contribution < -0.4 is 5.73 Å². The number of aromatic amines is 1. The molecule has 0 saturated carbocycles. The first-order valence-electron chi connectivity index (χ1n) is 5.76. The smallest absolute Gasteiger partial charge is 0.260 e. The molecule has 106 valence electrons. The zero-order valence-electron chi connectivity index (χ0n) is 10.8. The van der Waals surface area contributed by atoms with Crippen molar-refractivity contribution in [3.8, 4) is 11.8 Å². The highest BCUT2D eigenvalue weighted by Gasteiger charge is 2.22. The summed E-state index contributed by atoms with van der Waals surface area (Å²) in [5.41, 5.74) is 6.20. The highest BCUT2D eigenvalue weighted by molar-refractivity contribution is 7.89. The molecule has 8 heteroatoms. The van der Waals surface area contributed by atoms with E-state index < -0.39 is 10.0 Å². The summed E-state index contributed by atoms with van der Waals surface area (Å²) in [4.78, 5) is 0.873. The van der Waals surface area contributed by atoms with Gasteiger partial charge in [-0.1, -0.05) is 11.8 Å². The Bertz CT molecular complexity index is 723. The van der Waals surface area contributed by atoms with Crippen molar-refractivity contribution in [1.82, 2.24) is 14.5 Å². The standard InChI is InChI=1S/C12H14N4O2S2/c1-16(20(17,18)12-4-6-14-15-12)8-10-7-11(19-9-10)3-2-5-13/h4,6-7,9H,5,8,13H2,1H3,(H,14,15). The molecule has 0 bridgehead atoms. The highest BCUT2D eigenvalue weighted by Crippen LogP contribution is 2.18. The lowest BCUT2D eigenvalue weighted by molar-refractivity contribution is 0.464. The van der Waals surface area contributed by atoms with E-state index in [9.17, 15) is 8.42 Å². The van der Waals surface area contributed by atoms with Gasteiger partial charge in [0.2, 0.25) is 0 Å². The first kappa shape index (κ1) is 14.7. The molecule has 0 amide bonds. The number of rotatable bonds is 4. The lowest BCUT2D eigenvalue weighted by Crippen LogP contribution is -2.26. The number of thiophene rings is 1. The molecule has 0 aliphatic rings. The molecule has 2 aromatic rings. The summed E-state index contributed by atoms with van der Waals surface area (Å²) in [7, 11) is -2.01. The van der Waals surface area contributed by atoms with E-state index in [-0.39, 0.29) is 11.6 Å². The van der Waals surface area contributed by atoms with Crippen LogP contribution >= 0.6 is 11.3 Å². The van der Waals surface area contributed by atoms with Gasteiger partial charge in [0, 0.05) is 13.6 Å². The molecule has 3 N–H and O–H groups in total. The zero-order valence-corrected chi connectivity index (χ0v) is 12.5.